The van der Waals surface area contributed by atoms with Crippen molar-refractivity contribution < 1.29 is 9.18 Å². The van der Waals surface area contributed by atoms with Crippen LogP contribution in [0.5, 0.6) is 0 Å². The Morgan fingerprint density at radius 3 is 2.74 bits per heavy atom. The van der Waals surface area contributed by atoms with Crippen LogP contribution in [0.4, 0.5) is 10.1 Å². The standard InChI is InChI=1S/C15H21FN2O/c1-10(2)7-8-18(12-4-5-12)15(19)13-9-11(16)3-6-14(13)17/h3,6,9-10,12H,4-5,7-8,17H2,1-2H3. The van der Waals surface area contributed by atoms with E-state index in [2.05, 4.69) is 13.8 Å². The molecule has 4 heteroatoms. The third-order valence-electron chi connectivity index (χ3n) is 3.44. The van der Waals surface area contributed by atoms with Crippen LogP contribution in [0.2, 0.25) is 0 Å². The van der Waals surface area contributed by atoms with E-state index in [1.165, 1.54) is 18.2 Å². The monoisotopic (exact) mass is 264 g/mol. The fourth-order valence-corrected chi connectivity index (χ4v) is 2.10. The minimum Gasteiger partial charge on any atom is -0.398 e. The van der Waals surface area contributed by atoms with Crippen LogP contribution >= 0.6 is 0 Å². The highest BCUT2D eigenvalue weighted by atomic mass is 19.1. The molecular weight excluding hydrogens is 243 g/mol. The lowest BCUT2D eigenvalue weighted by molar-refractivity contribution is 0.0736. The van der Waals surface area contributed by atoms with E-state index in [1.54, 1.807) is 0 Å². The van der Waals surface area contributed by atoms with Gasteiger partial charge in [0.2, 0.25) is 0 Å². The Labute approximate surface area is 113 Å². The molecule has 1 amide bonds. The average Bonchev–Trinajstić information content (AvgIpc) is 3.16. The van der Waals surface area contributed by atoms with E-state index >= 15 is 0 Å². The summed E-state index contributed by atoms with van der Waals surface area (Å²) in [6.07, 6.45) is 3.04. The van der Waals surface area contributed by atoms with Crippen molar-refractivity contribution in [2.24, 2.45) is 5.92 Å². The summed E-state index contributed by atoms with van der Waals surface area (Å²) in [5, 5.41) is 0. The smallest absolute Gasteiger partial charge is 0.256 e. The molecule has 0 unspecified atom stereocenters. The van der Waals surface area contributed by atoms with Crippen molar-refractivity contribution in [1.29, 1.82) is 0 Å². The van der Waals surface area contributed by atoms with Gasteiger partial charge in [0.1, 0.15) is 5.82 Å². The predicted octanol–water partition coefficient (Wildman–Crippen LogP) is 3.06. The zero-order valence-electron chi connectivity index (χ0n) is 11.5. The maximum atomic E-state index is 13.3. The molecule has 0 heterocycles. The SMILES string of the molecule is CC(C)CCN(C(=O)c1cc(F)ccc1N)C1CC1. The molecule has 1 aromatic carbocycles. The summed E-state index contributed by atoms with van der Waals surface area (Å²) in [6.45, 7) is 4.98. The third-order valence-corrected chi connectivity index (χ3v) is 3.44. The normalized spacial score (nSPS) is 14.7. The molecule has 1 aromatic rings. The minimum absolute atomic E-state index is 0.139. The topological polar surface area (TPSA) is 46.3 Å². The van der Waals surface area contributed by atoms with Gasteiger partial charge in [0.05, 0.1) is 5.56 Å². The molecule has 19 heavy (non-hydrogen) atoms. The summed E-state index contributed by atoms with van der Waals surface area (Å²) in [4.78, 5) is 14.3. The van der Waals surface area contributed by atoms with Crippen molar-refractivity contribution in [3.8, 4) is 0 Å². The average molecular weight is 264 g/mol. The molecule has 1 aliphatic carbocycles. The van der Waals surface area contributed by atoms with Crippen LogP contribution in [0.1, 0.15) is 43.5 Å². The van der Waals surface area contributed by atoms with Crippen molar-refractivity contribution in [2.45, 2.75) is 39.2 Å². The number of rotatable bonds is 5. The first kappa shape index (κ1) is 13.8. The Morgan fingerprint density at radius 1 is 1.47 bits per heavy atom. The number of halogens is 1. The Hall–Kier alpha value is -1.58. The zero-order valence-corrected chi connectivity index (χ0v) is 11.5. The molecule has 2 rings (SSSR count). The molecule has 0 aromatic heterocycles. The minimum atomic E-state index is -0.419. The Morgan fingerprint density at radius 2 is 2.16 bits per heavy atom. The van der Waals surface area contributed by atoms with Gasteiger partial charge in [-0.15, -0.1) is 0 Å². The van der Waals surface area contributed by atoms with Gasteiger partial charge in [-0.05, 0) is 43.4 Å². The van der Waals surface area contributed by atoms with Crippen LogP contribution in [0.3, 0.4) is 0 Å². The first-order valence-corrected chi connectivity index (χ1v) is 6.85. The molecule has 1 fully saturated rings. The number of benzene rings is 1. The maximum absolute atomic E-state index is 13.3. The number of amides is 1. The van der Waals surface area contributed by atoms with Crippen LogP contribution in [0.25, 0.3) is 0 Å². The van der Waals surface area contributed by atoms with Crippen molar-refractivity contribution in [2.75, 3.05) is 12.3 Å². The first-order chi connectivity index (χ1) is 8.99. The number of hydrogen-bond donors (Lipinski definition) is 1. The van der Waals surface area contributed by atoms with E-state index in [1.807, 2.05) is 4.90 Å². The van der Waals surface area contributed by atoms with Crippen LogP contribution < -0.4 is 5.73 Å². The van der Waals surface area contributed by atoms with Crippen LogP contribution in [0, 0.1) is 11.7 Å². The molecule has 0 spiro atoms. The second-order valence-corrected chi connectivity index (χ2v) is 5.64. The van der Waals surface area contributed by atoms with Gasteiger partial charge in [0.15, 0.2) is 0 Å². The van der Waals surface area contributed by atoms with Crippen molar-refractivity contribution in [3.05, 3.63) is 29.6 Å². The molecule has 2 N–H and O–H groups in total. The van der Waals surface area contributed by atoms with Crippen LogP contribution in [-0.2, 0) is 0 Å². The Bertz CT molecular complexity index is 469. The summed E-state index contributed by atoms with van der Waals surface area (Å²) in [7, 11) is 0. The molecule has 0 aliphatic heterocycles. The van der Waals surface area contributed by atoms with E-state index in [0.717, 1.165) is 25.8 Å². The number of carbonyl (C=O) groups is 1. The van der Waals surface area contributed by atoms with Crippen LogP contribution in [-0.4, -0.2) is 23.4 Å². The second kappa shape index (κ2) is 5.59. The highest BCUT2D eigenvalue weighted by Crippen LogP contribution is 2.30. The van der Waals surface area contributed by atoms with Gasteiger partial charge in [-0.2, -0.15) is 0 Å². The van der Waals surface area contributed by atoms with Gasteiger partial charge >= 0.3 is 0 Å². The van der Waals surface area contributed by atoms with Gasteiger partial charge in [0.25, 0.3) is 5.91 Å². The molecule has 1 aliphatic rings. The van der Waals surface area contributed by atoms with E-state index in [-0.39, 0.29) is 11.5 Å². The number of anilines is 1. The molecule has 0 saturated heterocycles. The van der Waals surface area contributed by atoms with Gasteiger partial charge < -0.3 is 10.6 Å². The number of nitrogens with two attached hydrogens (primary N) is 1. The Balaban J connectivity index is 2.16. The van der Waals surface area contributed by atoms with Crippen molar-refractivity contribution >= 4 is 11.6 Å². The predicted molar refractivity (Wildman–Crippen MR) is 74.3 cm³/mol. The molecule has 3 nitrogen and oxygen atoms in total. The van der Waals surface area contributed by atoms with E-state index in [0.29, 0.717) is 17.6 Å². The summed E-state index contributed by atoms with van der Waals surface area (Å²) in [5.41, 5.74) is 6.43. The van der Waals surface area contributed by atoms with Crippen molar-refractivity contribution in [1.82, 2.24) is 4.90 Å². The molecular formula is C15H21FN2O. The summed E-state index contributed by atoms with van der Waals surface area (Å²) in [5.74, 6) is -0.0174. The molecule has 0 bridgehead atoms. The number of carbonyl (C=O) groups excluding carboxylic acids is 1. The third kappa shape index (κ3) is 3.46. The number of nitrogens with zero attached hydrogens (tertiary/aromatic N) is 1. The van der Waals surface area contributed by atoms with Gasteiger partial charge in [0, 0.05) is 18.3 Å². The highest BCUT2D eigenvalue weighted by molar-refractivity contribution is 5.99. The molecule has 104 valence electrons. The largest absolute Gasteiger partial charge is 0.398 e. The summed E-state index contributed by atoms with van der Waals surface area (Å²) >= 11 is 0. The van der Waals surface area contributed by atoms with E-state index in [9.17, 15) is 9.18 Å². The second-order valence-electron chi connectivity index (χ2n) is 5.64. The van der Waals surface area contributed by atoms with Gasteiger partial charge in [-0.25, -0.2) is 4.39 Å². The van der Waals surface area contributed by atoms with Crippen molar-refractivity contribution in [3.63, 3.8) is 0 Å². The van der Waals surface area contributed by atoms with E-state index < -0.39 is 5.82 Å². The van der Waals surface area contributed by atoms with E-state index in [4.69, 9.17) is 5.73 Å². The zero-order chi connectivity index (χ0) is 14.0. The quantitative estimate of drug-likeness (QED) is 0.831. The number of hydrogen-bond acceptors (Lipinski definition) is 2. The first-order valence-electron chi connectivity index (χ1n) is 6.85. The fourth-order valence-electron chi connectivity index (χ4n) is 2.10. The molecule has 0 atom stereocenters. The van der Waals surface area contributed by atoms with Gasteiger partial charge in [-0.3, -0.25) is 4.79 Å². The lowest BCUT2D eigenvalue weighted by Gasteiger charge is -2.24. The Kier molecular flexibility index (Phi) is 4.08. The fraction of sp³-hybridized carbons (Fsp3) is 0.533. The molecule has 1 saturated carbocycles. The number of nitrogen functional groups attached to an aromatic ring is 1. The van der Waals surface area contributed by atoms with Crippen LogP contribution in [0.15, 0.2) is 18.2 Å². The lowest BCUT2D eigenvalue weighted by Crippen LogP contribution is -2.35. The van der Waals surface area contributed by atoms with Gasteiger partial charge in [-0.1, -0.05) is 13.8 Å². The summed E-state index contributed by atoms with van der Waals surface area (Å²) < 4.78 is 13.3. The molecule has 0 radical (unpaired) electrons. The highest BCUT2D eigenvalue weighted by Gasteiger charge is 2.33. The maximum Gasteiger partial charge on any atom is 0.256 e. The lowest BCUT2D eigenvalue weighted by atomic mass is 10.1. The summed E-state index contributed by atoms with van der Waals surface area (Å²) in [6, 6.07) is 4.29.